The van der Waals surface area contributed by atoms with E-state index in [2.05, 4.69) is 4.74 Å². The fourth-order valence-electron chi connectivity index (χ4n) is 1.57. The molecule has 0 aromatic carbocycles. The largest absolute Gasteiger partial charge is 0.468 e. The standard InChI is InChI=1S/C10H17NO4/c1-7-4-5-8(15-7)10(13)11(2)6-9(12)14-3/h7-8H,4-6H2,1-3H3. The molecule has 1 amide bonds. The molecule has 1 heterocycles. The summed E-state index contributed by atoms with van der Waals surface area (Å²) in [6.45, 7) is 1.91. The Morgan fingerprint density at radius 3 is 2.60 bits per heavy atom. The normalized spacial score (nSPS) is 25.0. The number of likely N-dealkylation sites (N-methyl/N-ethyl adjacent to an activating group) is 1. The van der Waals surface area contributed by atoms with Crippen molar-refractivity contribution >= 4 is 11.9 Å². The minimum absolute atomic E-state index is 0.0242. The van der Waals surface area contributed by atoms with Gasteiger partial charge in [-0.2, -0.15) is 0 Å². The van der Waals surface area contributed by atoms with Crippen LogP contribution in [0.4, 0.5) is 0 Å². The van der Waals surface area contributed by atoms with Crippen LogP contribution in [0, 0.1) is 0 Å². The summed E-state index contributed by atoms with van der Waals surface area (Å²) >= 11 is 0. The zero-order chi connectivity index (χ0) is 11.4. The molecule has 0 aliphatic carbocycles. The van der Waals surface area contributed by atoms with Gasteiger partial charge in [-0.15, -0.1) is 0 Å². The van der Waals surface area contributed by atoms with E-state index in [1.165, 1.54) is 12.0 Å². The molecule has 0 spiro atoms. The number of carbonyl (C=O) groups is 2. The fraction of sp³-hybridized carbons (Fsp3) is 0.800. The number of carbonyl (C=O) groups excluding carboxylic acids is 2. The van der Waals surface area contributed by atoms with Gasteiger partial charge in [-0.3, -0.25) is 9.59 Å². The van der Waals surface area contributed by atoms with Crippen molar-refractivity contribution in [3.8, 4) is 0 Å². The lowest BCUT2D eigenvalue weighted by Gasteiger charge is -2.19. The van der Waals surface area contributed by atoms with Gasteiger partial charge in [0.1, 0.15) is 12.6 Å². The molecule has 5 nitrogen and oxygen atoms in total. The number of hydrogen-bond acceptors (Lipinski definition) is 4. The Morgan fingerprint density at radius 2 is 2.13 bits per heavy atom. The van der Waals surface area contributed by atoms with E-state index in [-0.39, 0.29) is 18.6 Å². The molecule has 1 saturated heterocycles. The van der Waals surface area contributed by atoms with Crippen LogP contribution in [0.3, 0.4) is 0 Å². The summed E-state index contributed by atoms with van der Waals surface area (Å²) in [6, 6.07) is 0. The Labute approximate surface area is 89.3 Å². The van der Waals surface area contributed by atoms with Crippen LogP contribution in [-0.2, 0) is 19.1 Å². The van der Waals surface area contributed by atoms with Crippen molar-refractivity contribution < 1.29 is 19.1 Å². The Bertz CT molecular complexity index is 254. The molecule has 5 heteroatoms. The second kappa shape index (κ2) is 5.11. The zero-order valence-corrected chi connectivity index (χ0v) is 9.36. The number of ether oxygens (including phenoxy) is 2. The zero-order valence-electron chi connectivity index (χ0n) is 9.36. The van der Waals surface area contributed by atoms with E-state index in [4.69, 9.17) is 4.74 Å². The quantitative estimate of drug-likeness (QED) is 0.630. The third kappa shape index (κ3) is 3.20. The topological polar surface area (TPSA) is 55.8 Å². The van der Waals surface area contributed by atoms with Gasteiger partial charge >= 0.3 is 5.97 Å². The average molecular weight is 215 g/mol. The first kappa shape index (κ1) is 12.0. The van der Waals surface area contributed by atoms with Crippen molar-refractivity contribution in [2.45, 2.75) is 32.0 Å². The Kier molecular flexibility index (Phi) is 4.08. The smallest absolute Gasteiger partial charge is 0.325 e. The summed E-state index contributed by atoms with van der Waals surface area (Å²) in [7, 11) is 2.88. The molecule has 1 rings (SSSR count). The van der Waals surface area contributed by atoms with E-state index in [1.54, 1.807) is 7.05 Å². The Balaban J connectivity index is 2.42. The van der Waals surface area contributed by atoms with Crippen molar-refractivity contribution in [1.82, 2.24) is 4.90 Å². The van der Waals surface area contributed by atoms with Crippen molar-refractivity contribution in [2.75, 3.05) is 20.7 Å². The third-order valence-corrected chi connectivity index (χ3v) is 2.48. The first-order valence-electron chi connectivity index (χ1n) is 5.02. The van der Waals surface area contributed by atoms with Crippen LogP contribution in [0.2, 0.25) is 0 Å². The highest BCUT2D eigenvalue weighted by Gasteiger charge is 2.30. The maximum absolute atomic E-state index is 11.7. The van der Waals surface area contributed by atoms with Gasteiger partial charge in [0.05, 0.1) is 13.2 Å². The molecule has 0 saturated carbocycles. The maximum atomic E-state index is 11.7. The summed E-state index contributed by atoms with van der Waals surface area (Å²) in [5.74, 6) is -0.568. The van der Waals surface area contributed by atoms with E-state index < -0.39 is 12.1 Å². The van der Waals surface area contributed by atoms with Crippen LogP contribution in [0.1, 0.15) is 19.8 Å². The molecule has 0 aromatic rings. The highest BCUT2D eigenvalue weighted by atomic mass is 16.5. The van der Waals surface area contributed by atoms with Crippen LogP contribution in [-0.4, -0.2) is 49.7 Å². The molecular formula is C10H17NO4. The van der Waals surface area contributed by atoms with Crippen LogP contribution in [0.25, 0.3) is 0 Å². The number of rotatable bonds is 3. The SMILES string of the molecule is COC(=O)CN(C)C(=O)C1CCC(C)O1. The number of amides is 1. The van der Waals surface area contributed by atoms with Gasteiger partial charge in [0.2, 0.25) is 0 Å². The van der Waals surface area contributed by atoms with Gasteiger partial charge in [0.15, 0.2) is 0 Å². The Morgan fingerprint density at radius 1 is 1.47 bits per heavy atom. The molecule has 2 atom stereocenters. The Hall–Kier alpha value is -1.10. The van der Waals surface area contributed by atoms with Crippen LogP contribution in [0.5, 0.6) is 0 Å². The van der Waals surface area contributed by atoms with E-state index in [9.17, 15) is 9.59 Å². The molecule has 86 valence electrons. The molecule has 0 radical (unpaired) electrons. The van der Waals surface area contributed by atoms with E-state index in [0.717, 1.165) is 12.8 Å². The predicted octanol–water partition coefficient (Wildman–Crippen LogP) is 0.185. The van der Waals surface area contributed by atoms with E-state index in [0.29, 0.717) is 0 Å². The summed E-state index contributed by atoms with van der Waals surface area (Å²) in [4.78, 5) is 24.0. The third-order valence-electron chi connectivity index (χ3n) is 2.48. The van der Waals surface area contributed by atoms with Gasteiger partial charge in [0, 0.05) is 7.05 Å². The highest BCUT2D eigenvalue weighted by Crippen LogP contribution is 2.20. The molecule has 0 bridgehead atoms. The van der Waals surface area contributed by atoms with Gasteiger partial charge in [-0.1, -0.05) is 0 Å². The molecular weight excluding hydrogens is 198 g/mol. The van der Waals surface area contributed by atoms with E-state index in [1.807, 2.05) is 6.92 Å². The molecule has 1 aliphatic rings. The predicted molar refractivity (Wildman–Crippen MR) is 53.2 cm³/mol. The van der Waals surface area contributed by atoms with Crippen LogP contribution in [0.15, 0.2) is 0 Å². The van der Waals surface area contributed by atoms with Crippen molar-refractivity contribution in [1.29, 1.82) is 0 Å². The van der Waals surface area contributed by atoms with Crippen LogP contribution >= 0.6 is 0 Å². The van der Waals surface area contributed by atoms with Gasteiger partial charge in [0.25, 0.3) is 5.91 Å². The van der Waals surface area contributed by atoms with Crippen molar-refractivity contribution in [3.05, 3.63) is 0 Å². The summed E-state index contributed by atoms with van der Waals surface area (Å²) < 4.78 is 9.90. The summed E-state index contributed by atoms with van der Waals surface area (Å²) in [6.07, 6.45) is 1.36. The first-order chi connectivity index (χ1) is 7.04. The molecule has 0 aromatic heterocycles. The summed E-state index contributed by atoms with van der Waals surface area (Å²) in [5.41, 5.74) is 0. The molecule has 1 aliphatic heterocycles. The summed E-state index contributed by atoms with van der Waals surface area (Å²) in [5, 5.41) is 0. The van der Waals surface area contributed by atoms with E-state index >= 15 is 0 Å². The number of methoxy groups -OCH3 is 1. The second-order valence-electron chi connectivity index (χ2n) is 3.78. The average Bonchev–Trinajstić information content (AvgIpc) is 2.63. The minimum atomic E-state index is -0.420. The number of nitrogens with zero attached hydrogens (tertiary/aromatic N) is 1. The maximum Gasteiger partial charge on any atom is 0.325 e. The van der Waals surface area contributed by atoms with Gasteiger partial charge in [-0.05, 0) is 19.8 Å². The number of esters is 1. The number of hydrogen-bond donors (Lipinski definition) is 0. The van der Waals surface area contributed by atoms with Gasteiger partial charge in [-0.25, -0.2) is 0 Å². The monoisotopic (exact) mass is 215 g/mol. The first-order valence-corrected chi connectivity index (χ1v) is 5.02. The minimum Gasteiger partial charge on any atom is -0.468 e. The van der Waals surface area contributed by atoms with Gasteiger partial charge < -0.3 is 14.4 Å². The molecule has 1 fully saturated rings. The lowest BCUT2D eigenvalue weighted by molar-refractivity contribution is -0.150. The lowest BCUT2D eigenvalue weighted by atomic mass is 10.2. The molecule has 0 N–H and O–H groups in total. The molecule has 15 heavy (non-hydrogen) atoms. The van der Waals surface area contributed by atoms with Crippen LogP contribution < -0.4 is 0 Å². The fourth-order valence-corrected chi connectivity index (χ4v) is 1.57. The molecule has 2 unspecified atom stereocenters. The second-order valence-corrected chi connectivity index (χ2v) is 3.78. The highest BCUT2D eigenvalue weighted by molar-refractivity contribution is 5.85. The van der Waals surface area contributed by atoms with Crippen molar-refractivity contribution in [2.24, 2.45) is 0 Å². The lowest BCUT2D eigenvalue weighted by Crippen LogP contribution is -2.39. The van der Waals surface area contributed by atoms with Crippen molar-refractivity contribution in [3.63, 3.8) is 0 Å².